The summed E-state index contributed by atoms with van der Waals surface area (Å²) >= 11 is 0. The molecule has 0 aliphatic carbocycles. The fraction of sp³-hybridized carbons (Fsp3) is 0.259. The highest BCUT2D eigenvalue weighted by molar-refractivity contribution is 6.09. The van der Waals surface area contributed by atoms with Crippen molar-refractivity contribution in [3.63, 3.8) is 0 Å². The number of anilines is 2. The van der Waals surface area contributed by atoms with Crippen LogP contribution in [0.3, 0.4) is 0 Å². The third-order valence-corrected chi connectivity index (χ3v) is 6.24. The molecule has 0 saturated carbocycles. The Hall–Kier alpha value is -3.80. The lowest BCUT2D eigenvalue weighted by molar-refractivity contribution is 0.0748. The Morgan fingerprint density at radius 1 is 0.848 bits per heavy atom. The van der Waals surface area contributed by atoms with Crippen molar-refractivity contribution in [1.82, 2.24) is 4.90 Å². The number of ether oxygens (including phenoxy) is 1. The van der Waals surface area contributed by atoms with E-state index in [1.54, 1.807) is 43.5 Å². The second kappa shape index (κ2) is 9.77. The number of methoxy groups -OCH3 is 1. The maximum Gasteiger partial charge on any atom is 0.256 e. The second-order valence-corrected chi connectivity index (χ2v) is 8.23. The summed E-state index contributed by atoms with van der Waals surface area (Å²) in [4.78, 5) is 30.3. The Labute approximate surface area is 194 Å². The Balaban J connectivity index is 1.45. The first-order valence-corrected chi connectivity index (χ1v) is 11.1. The minimum atomic E-state index is -0.266. The highest BCUT2D eigenvalue weighted by atomic mass is 16.5. The highest BCUT2D eigenvalue weighted by Crippen LogP contribution is 2.25. The summed E-state index contributed by atoms with van der Waals surface area (Å²) in [6, 6.07) is 20.4. The van der Waals surface area contributed by atoms with Gasteiger partial charge in [0.2, 0.25) is 0 Å². The molecule has 1 N–H and O–H groups in total. The van der Waals surface area contributed by atoms with Crippen molar-refractivity contribution in [1.29, 1.82) is 0 Å². The molecule has 0 spiro atoms. The van der Waals surface area contributed by atoms with E-state index in [-0.39, 0.29) is 11.8 Å². The average molecular weight is 444 g/mol. The number of hydrogen-bond donors (Lipinski definition) is 1. The van der Waals surface area contributed by atoms with Gasteiger partial charge in [-0.2, -0.15) is 0 Å². The number of aryl methyl sites for hydroxylation is 1. The Morgan fingerprint density at radius 3 is 2.24 bits per heavy atom. The van der Waals surface area contributed by atoms with E-state index in [1.807, 2.05) is 17.0 Å². The fourth-order valence-electron chi connectivity index (χ4n) is 4.11. The lowest BCUT2D eigenvalue weighted by Gasteiger charge is -2.37. The number of nitrogens with zero attached hydrogens (tertiary/aromatic N) is 2. The smallest absolute Gasteiger partial charge is 0.256 e. The van der Waals surface area contributed by atoms with Gasteiger partial charge in [-0.25, -0.2) is 0 Å². The van der Waals surface area contributed by atoms with Gasteiger partial charge in [0.05, 0.1) is 18.4 Å². The molecule has 6 heteroatoms. The monoisotopic (exact) mass is 443 g/mol. The van der Waals surface area contributed by atoms with E-state index in [2.05, 4.69) is 42.3 Å². The zero-order valence-corrected chi connectivity index (χ0v) is 19.3. The molecule has 6 nitrogen and oxygen atoms in total. The van der Waals surface area contributed by atoms with Gasteiger partial charge in [-0.05, 0) is 67.4 Å². The van der Waals surface area contributed by atoms with Gasteiger partial charge >= 0.3 is 0 Å². The molecular weight excluding hydrogens is 414 g/mol. The Bertz CT molecular complexity index is 1150. The molecule has 0 atom stereocenters. The summed E-state index contributed by atoms with van der Waals surface area (Å²) in [7, 11) is 1.58. The zero-order chi connectivity index (χ0) is 23.4. The van der Waals surface area contributed by atoms with Crippen LogP contribution in [0.1, 0.15) is 31.8 Å². The molecule has 4 rings (SSSR count). The number of hydrogen-bond acceptors (Lipinski definition) is 4. The van der Waals surface area contributed by atoms with Gasteiger partial charge in [-0.3, -0.25) is 9.59 Å². The number of piperazine rings is 1. The highest BCUT2D eigenvalue weighted by Gasteiger charge is 2.25. The lowest BCUT2D eigenvalue weighted by Crippen LogP contribution is -2.49. The van der Waals surface area contributed by atoms with Gasteiger partial charge in [-0.1, -0.05) is 24.3 Å². The van der Waals surface area contributed by atoms with Crippen LogP contribution in [0, 0.1) is 13.8 Å². The molecule has 3 aromatic rings. The van der Waals surface area contributed by atoms with Crippen LogP contribution < -0.4 is 15.0 Å². The molecule has 3 aromatic carbocycles. The molecule has 2 amide bonds. The van der Waals surface area contributed by atoms with E-state index in [1.165, 1.54) is 16.8 Å². The predicted octanol–water partition coefficient (Wildman–Crippen LogP) is 4.53. The van der Waals surface area contributed by atoms with Crippen molar-refractivity contribution in [2.75, 3.05) is 43.5 Å². The van der Waals surface area contributed by atoms with E-state index in [4.69, 9.17) is 4.74 Å². The molecule has 1 aliphatic rings. The standard InChI is InChI=1S/C27H29N3O3/c1-19-7-6-10-25(20(19)2)29-15-17-30(18-16-29)27(32)23-8-4-5-9-24(23)28-26(31)21-11-13-22(33-3)14-12-21/h4-14H,15-18H2,1-3H3,(H,28,31). The first kappa shape index (κ1) is 22.4. The summed E-state index contributed by atoms with van der Waals surface area (Å²) < 4.78 is 5.15. The third-order valence-electron chi connectivity index (χ3n) is 6.24. The van der Waals surface area contributed by atoms with E-state index >= 15 is 0 Å². The van der Waals surface area contributed by atoms with Gasteiger partial charge < -0.3 is 19.9 Å². The normalized spacial score (nSPS) is 13.5. The first-order valence-electron chi connectivity index (χ1n) is 11.1. The van der Waals surface area contributed by atoms with Gasteiger partial charge in [0.1, 0.15) is 5.75 Å². The molecular formula is C27H29N3O3. The van der Waals surface area contributed by atoms with Crippen LogP contribution in [0.4, 0.5) is 11.4 Å². The molecule has 1 fully saturated rings. The maximum atomic E-state index is 13.3. The average Bonchev–Trinajstić information content (AvgIpc) is 2.86. The summed E-state index contributed by atoms with van der Waals surface area (Å²) in [6.07, 6.45) is 0. The van der Waals surface area contributed by atoms with E-state index in [9.17, 15) is 9.59 Å². The SMILES string of the molecule is COc1ccc(C(=O)Nc2ccccc2C(=O)N2CCN(c3cccc(C)c3C)CC2)cc1. The van der Waals surface area contributed by atoms with Crippen molar-refractivity contribution in [2.24, 2.45) is 0 Å². The van der Waals surface area contributed by atoms with Crippen molar-refractivity contribution in [2.45, 2.75) is 13.8 Å². The second-order valence-electron chi connectivity index (χ2n) is 8.23. The van der Waals surface area contributed by atoms with Crippen LogP contribution in [-0.2, 0) is 0 Å². The minimum Gasteiger partial charge on any atom is -0.497 e. The number of carbonyl (C=O) groups is 2. The lowest BCUT2D eigenvalue weighted by atomic mass is 10.1. The summed E-state index contributed by atoms with van der Waals surface area (Å²) in [5.41, 5.74) is 5.30. The van der Waals surface area contributed by atoms with E-state index in [0.717, 1.165) is 13.1 Å². The minimum absolute atomic E-state index is 0.0683. The van der Waals surface area contributed by atoms with Gasteiger partial charge in [0, 0.05) is 37.4 Å². The van der Waals surface area contributed by atoms with Crippen molar-refractivity contribution in [3.8, 4) is 5.75 Å². The molecule has 1 heterocycles. The Kier molecular flexibility index (Phi) is 6.63. The van der Waals surface area contributed by atoms with Gasteiger partial charge in [0.15, 0.2) is 0 Å². The molecule has 0 radical (unpaired) electrons. The molecule has 0 unspecified atom stereocenters. The fourth-order valence-corrected chi connectivity index (χ4v) is 4.11. The van der Waals surface area contributed by atoms with Crippen LogP contribution in [0.2, 0.25) is 0 Å². The Morgan fingerprint density at radius 2 is 1.55 bits per heavy atom. The van der Waals surface area contributed by atoms with Crippen LogP contribution >= 0.6 is 0 Å². The molecule has 0 aromatic heterocycles. The molecule has 1 saturated heterocycles. The largest absolute Gasteiger partial charge is 0.497 e. The predicted molar refractivity (Wildman–Crippen MR) is 131 cm³/mol. The number of nitrogens with one attached hydrogen (secondary N) is 1. The van der Waals surface area contributed by atoms with Crippen LogP contribution in [0.15, 0.2) is 66.7 Å². The van der Waals surface area contributed by atoms with Gasteiger partial charge in [-0.15, -0.1) is 0 Å². The topological polar surface area (TPSA) is 61.9 Å². The van der Waals surface area contributed by atoms with Crippen molar-refractivity contribution in [3.05, 3.63) is 89.0 Å². The number of amides is 2. The van der Waals surface area contributed by atoms with Gasteiger partial charge in [0.25, 0.3) is 11.8 Å². The maximum absolute atomic E-state index is 13.3. The molecule has 33 heavy (non-hydrogen) atoms. The summed E-state index contributed by atoms with van der Waals surface area (Å²) in [5.74, 6) is 0.348. The number of para-hydroxylation sites is 1. The first-order chi connectivity index (χ1) is 16.0. The summed E-state index contributed by atoms with van der Waals surface area (Å²) in [6.45, 7) is 7.08. The van der Waals surface area contributed by atoms with Crippen LogP contribution in [-0.4, -0.2) is 50.0 Å². The zero-order valence-electron chi connectivity index (χ0n) is 19.3. The van der Waals surface area contributed by atoms with E-state index < -0.39 is 0 Å². The third kappa shape index (κ3) is 4.85. The van der Waals surface area contributed by atoms with Crippen molar-refractivity contribution >= 4 is 23.2 Å². The van der Waals surface area contributed by atoms with Crippen LogP contribution in [0.5, 0.6) is 5.75 Å². The number of carbonyl (C=O) groups excluding carboxylic acids is 2. The molecule has 1 aliphatic heterocycles. The number of benzene rings is 3. The number of rotatable bonds is 5. The van der Waals surface area contributed by atoms with E-state index in [0.29, 0.717) is 35.7 Å². The summed E-state index contributed by atoms with van der Waals surface area (Å²) in [5, 5.41) is 2.89. The van der Waals surface area contributed by atoms with Crippen molar-refractivity contribution < 1.29 is 14.3 Å². The molecule has 0 bridgehead atoms. The molecule has 170 valence electrons. The van der Waals surface area contributed by atoms with Crippen LogP contribution in [0.25, 0.3) is 0 Å². The quantitative estimate of drug-likeness (QED) is 0.630.